The number of halogens is 3. The predicted octanol–water partition coefficient (Wildman–Crippen LogP) is 2.63. The highest BCUT2D eigenvalue weighted by Crippen LogP contribution is 2.30. The first-order valence-corrected chi connectivity index (χ1v) is 9.28. The Labute approximate surface area is 164 Å². The number of aromatic nitrogens is 5. The summed E-state index contributed by atoms with van der Waals surface area (Å²) in [5.41, 5.74) is -0.394. The molecule has 0 saturated heterocycles. The topological polar surface area (TPSA) is 89.1 Å². The molecule has 1 fully saturated rings. The van der Waals surface area contributed by atoms with Crippen LogP contribution in [-0.4, -0.2) is 42.4 Å². The molecule has 29 heavy (non-hydrogen) atoms. The molecule has 3 aromatic rings. The van der Waals surface area contributed by atoms with Crippen LogP contribution in [0.25, 0.3) is 5.65 Å². The van der Waals surface area contributed by atoms with Crippen LogP contribution < -0.4 is 10.6 Å². The van der Waals surface area contributed by atoms with E-state index in [4.69, 9.17) is 0 Å². The molecule has 3 heterocycles. The molecule has 0 radical (unpaired) electrons. The number of carbonyl (C=O) groups is 1. The quantitative estimate of drug-likeness (QED) is 0.694. The van der Waals surface area contributed by atoms with Crippen molar-refractivity contribution in [3.05, 3.63) is 42.0 Å². The normalized spacial score (nSPS) is 20.0. The van der Waals surface area contributed by atoms with Crippen LogP contribution in [0.2, 0.25) is 0 Å². The van der Waals surface area contributed by atoms with Gasteiger partial charge in [-0.05, 0) is 37.8 Å². The van der Waals surface area contributed by atoms with Gasteiger partial charge in [0.25, 0.3) is 5.91 Å². The highest BCUT2D eigenvalue weighted by Gasteiger charge is 2.34. The van der Waals surface area contributed by atoms with Crippen molar-refractivity contribution in [2.45, 2.75) is 43.9 Å². The number of anilines is 1. The van der Waals surface area contributed by atoms with Crippen LogP contribution in [0, 0.1) is 0 Å². The maximum Gasteiger partial charge on any atom is 0.434 e. The fraction of sp³-hybridized carbons (Fsp3) is 0.444. The molecule has 154 valence electrons. The molecule has 4 rings (SSSR count). The average Bonchev–Trinajstić information content (AvgIpc) is 3.30. The third kappa shape index (κ3) is 4.17. The van der Waals surface area contributed by atoms with Crippen LogP contribution in [0.4, 0.5) is 19.0 Å². The Kier molecular flexibility index (Phi) is 4.89. The minimum absolute atomic E-state index is 0.0309. The summed E-state index contributed by atoms with van der Waals surface area (Å²) in [4.78, 5) is 15.8. The molecule has 8 nitrogen and oxygen atoms in total. The van der Waals surface area contributed by atoms with E-state index in [-0.39, 0.29) is 29.3 Å². The number of nitrogens with zero attached hydrogens (tertiary/aromatic N) is 5. The Morgan fingerprint density at radius 2 is 1.86 bits per heavy atom. The summed E-state index contributed by atoms with van der Waals surface area (Å²) >= 11 is 0. The second-order valence-corrected chi connectivity index (χ2v) is 7.21. The number of nitrogens with one attached hydrogen (secondary N) is 2. The van der Waals surface area contributed by atoms with E-state index in [1.807, 2.05) is 0 Å². The van der Waals surface area contributed by atoms with Crippen molar-refractivity contribution in [2.75, 3.05) is 5.32 Å². The van der Waals surface area contributed by atoms with E-state index in [1.165, 1.54) is 9.08 Å². The molecule has 1 aliphatic carbocycles. The van der Waals surface area contributed by atoms with Gasteiger partial charge in [-0.2, -0.15) is 13.2 Å². The molecule has 3 aromatic heterocycles. The van der Waals surface area contributed by atoms with E-state index < -0.39 is 11.9 Å². The van der Waals surface area contributed by atoms with E-state index in [9.17, 15) is 18.0 Å². The van der Waals surface area contributed by atoms with Gasteiger partial charge in [0.05, 0.1) is 6.20 Å². The fourth-order valence-corrected chi connectivity index (χ4v) is 3.57. The molecular formula is C18H20F3N7O. The zero-order chi connectivity index (χ0) is 20.6. The van der Waals surface area contributed by atoms with E-state index in [0.29, 0.717) is 5.82 Å². The van der Waals surface area contributed by atoms with E-state index >= 15 is 0 Å². The highest BCUT2D eigenvalue weighted by atomic mass is 19.4. The van der Waals surface area contributed by atoms with Gasteiger partial charge in [-0.25, -0.2) is 4.98 Å². The number of aryl methyl sites for hydroxylation is 1. The first-order valence-electron chi connectivity index (χ1n) is 9.28. The molecule has 1 saturated carbocycles. The summed E-state index contributed by atoms with van der Waals surface area (Å²) in [5.74, 6) is 0.315. The smallest absolute Gasteiger partial charge is 0.368 e. The number of fused-ring (bicyclic) bond motifs is 1. The maximum atomic E-state index is 12.9. The molecule has 0 atom stereocenters. The molecule has 0 aliphatic heterocycles. The Morgan fingerprint density at radius 1 is 1.14 bits per heavy atom. The van der Waals surface area contributed by atoms with Gasteiger partial charge in [-0.1, -0.05) is 11.3 Å². The standard InChI is InChI=1S/C18H20F3N7O/c1-27-9-13(25-26-27)17(29)23-12-7-5-11(6-8-12)22-15-3-2-4-16-24-14(10-28(15)16)18(19,20)21/h2-4,9-12,22H,5-8H2,1H3,(H,23,29)/t11-,12+. The fourth-order valence-electron chi connectivity index (χ4n) is 3.57. The summed E-state index contributed by atoms with van der Waals surface area (Å²) < 4.78 is 41.7. The number of pyridine rings is 1. The van der Waals surface area contributed by atoms with Crippen molar-refractivity contribution in [2.24, 2.45) is 7.05 Å². The predicted molar refractivity (Wildman–Crippen MR) is 98.3 cm³/mol. The second kappa shape index (κ2) is 7.37. The monoisotopic (exact) mass is 407 g/mol. The average molecular weight is 407 g/mol. The lowest BCUT2D eigenvalue weighted by atomic mass is 9.91. The molecular weight excluding hydrogens is 387 g/mol. The number of rotatable bonds is 4. The highest BCUT2D eigenvalue weighted by molar-refractivity contribution is 5.92. The lowest BCUT2D eigenvalue weighted by Gasteiger charge is -2.30. The van der Waals surface area contributed by atoms with Gasteiger partial charge < -0.3 is 10.6 Å². The maximum absolute atomic E-state index is 12.9. The van der Waals surface area contributed by atoms with Crippen LogP contribution in [-0.2, 0) is 13.2 Å². The number of hydrogen-bond donors (Lipinski definition) is 2. The van der Waals surface area contributed by atoms with Gasteiger partial charge in [-0.3, -0.25) is 13.9 Å². The molecule has 0 unspecified atom stereocenters. The van der Waals surface area contributed by atoms with E-state index in [0.717, 1.165) is 31.9 Å². The molecule has 11 heteroatoms. The number of carbonyl (C=O) groups excluding carboxylic acids is 1. The first-order chi connectivity index (χ1) is 13.8. The third-order valence-electron chi connectivity index (χ3n) is 5.03. The minimum atomic E-state index is -4.48. The van der Waals surface area contributed by atoms with Crippen LogP contribution in [0.1, 0.15) is 41.9 Å². The molecule has 2 N–H and O–H groups in total. The van der Waals surface area contributed by atoms with Gasteiger partial charge in [0.2, 0.25) is 0 Å². The minimum Gasteiger partial charge on any atom is -0.368 e. The van der Waals surface area contributed by atoms with Gasteiger partial charge in [0.1, 0.15) is 11.5 Å². The lowest BCUT2D eigenvalue weighted by Crippen LogP contribution is -2.40. The summed E-state index contributed by atoms with van der Waals surface area (Å²) in [7, 11) is 1.69. The molecule has 0 spiro atoms. The Balaban J connectivity index is 1.37. The zero-order valence-corrected chi connectivity index (χ0v) is 15.6. The second-order valence-electron chi connectivity index (χ2n) is 7.21. The number of imidazole rings is 1. The zero-order valence-electron chi connectivity index (χ0n) is 15.6. The Hall–Kier alpha value is -3.11. The Morgan fingerprint density at radius 3 is 2.52 bits per heavy atom. The SMILES string of the molecule is Cn1cc(C(=O)N[C@H]2CC[C@@H](Nc3cccc4nc(C(F)(F)F)cn34)CC2)nn1. The van der Waals surface area contributed by atoms with Gasteiger partial charge in [0.15, 0.2) is 11.4 Å². The summed E-state index contributed by atoms with van der Waals surface area (Å²) in [6, 6.07) is 5.08. The van der Waals surface area contributed by atoms with Crippen molar-refractivity contribution in [3.63, 3.8) is 0 Å². The van der Waals surface area contributed by atoms with Crippen molar-refractivity contribution in [3.8, 4) is 0 Å². The van der Waals surface area contributed by atoms with Gasteiger partial charge >= 0.3 is 6.18 Å². The van der Waals surface area contributed by atoms with Crippen molar-refractivity contribution < 1.29 is 18.0 Å². The van der Waals surface area contributed by atoms with Gasteiger partial charge in [0, 0.05) is 25.3 Å². The van der Waals surface area contributed by atoms with Crippen LogP contribution in [0.5, 0.6) is 0 Å². The molecule has 0 bridgehead atoms. The molecule has 1 aliphatic rings. The summed E-state index contributed by atoms with van der Waals surface area (Å²) in [6.45, 7) is 0. The Bertz CT molecular complexity index is 1020. The first kappa shape index (κ1) is 19.2. The lowest BCUT2D eigenvalue weighted by molar-refractivity contribution is -0.140. The van der Waals surface area contributed by atoms with E-state index in [2.05, 4.69) is 25.9 Å². The van der Waals surface area contributed by atoms with E-state index in [1.54, 1.807) is 31.4 Å². The summed E-state index contributed by atoms with van der Waals surface area (Å²) in [6.07, 6.45) is 1.16. The number of amides is 1. The summed E-state index contributed by atoms with van der Waals surface area (Å²) in [5, 5.41) is 13.8. The number of alkyl halides is 3. The van der Waals surface area contributed by atoms with Gasteiger partial charge in [-0.15, -0.1) is 5.10 Å². The van der Waals surface area contributed by atoms with Crippen LogP contribution in [0.3, 0.4) is 0 Å². The molecule has 1 amide bonds. The largest absolute Gasteiger partial charge is 0.434 e. The van der Waals surface area contributed by atoms with Crippen LogP contribution in [0.15, 0.2) is 30.6 Å². The third-order valence-corrected chi connectivity index (χ3v) is 5.03. The van der Waals surface area contributed by atoms with Crippen molar-refractivity contribution in [1.82, 2.24) is 29.7 Å². The van der Waals surface area contributed by atoms with Crippen molar-refractivity contribution in [1.29, 1.82) is 0 Å². The van der Waals surface area contributed by atoms with Crippen molar-refractivity contribution >= 4 is 17.4 Å². The molecule has 0 aromatic carbocycles. The van der Waals surface area contributed by atoms with Crippen LogP contribution >= 0.6 is 0 Å². The number of hydrogen-bond acceptors (Lipinski definition) is 5.